The minimum atomic E-state index is -0.338. The van der Waals surface area contributed by atoms with Gasteiger partial charge >= 0.3 is 0 Å². The first-order valence-corrected chi connectivity index (χ1v) is 14.9. The third kappa shape index (κ3) is 6.75. The Balaban J connectivity index is 1.31. The highest BCUT2D eigenvalue weighted by Gasteiger charge is 2.45. The zero-order valence-electron chi connectivity index (χ0n) is 23.1. The summed E-state index contributed by atoms with van der Waals surface area (Å²) in [6, 6.07) is 15.4. The van der Waals surface area contributed by atoms with Gasteiger partial charge in [-0.25, -0.2) is 9.97 Å². The van der Waals surface area contributed by atoms with Crippen molar-refractivity contribution < 1.29 is 14.3 Å². The summed E-state index contributed by atoms with van der Waals surface area (Å²) in [5.41, 5.74) is 3.68. The Labute approximate surface area is 242 Å². The van der Waals surface area contributed by atoms with Gasteiger partial charge < -0.3 is 20.3 Å². The van der Waals surface area contributed by atoms with Crippen molar-refractivity contribution in [1.29, 1.82) is 0 Å². The second-order valence-corrected chi connectivity index (χ2v) is 12.4. The van der Waals surface area contributed by atoms with E-state index in [1.165, 1.54) is 11.3 Å². The largest absolute Gasteiger partial charge is 0.492 e. The molecule has 208 valence electrons. The predicted molar refractivity (Wildman–Crippen MR) is 160 cm³/mol. The van der Waals surface area contributed by atoms with Crippen LogP contribution in [0.5, 0.6) is 5.75 Å². The van der Waals surface area contributed by atoms with Crippen LogP contribution in [0.3, 0.4) is 0 Å². The maximum Gasteiger partial charge on any atom is 0.252 e. The van der Waals surface area contributed by atoms with Crippen LogP contribution < -0.4 is 15.4 Å². The van der Waals surface area contributed by atoms with Crippen molar-refractivity contribution in [3.8, 4) is 16.3 Å². The molecule has 40 heavy (non-hydrogen) atoms. The first kappa shape index (κ1) is 27.9. The number of benzene rings is 2. The Kier molecular flexibility index (Phi) is 8.30. The molecule has 10 heteroatoms. The third-order valence-corrected chi connectivity index (χ3v) is 8.57. The Hall–Kier alpha value is -3.60. The smallest absolute Gasteiger partial charge is 0.252 e. The molecule has 0 bridgehead atoms. The summed E-state index contributed by atoms with van der Waals surface area (Å²) in [7, 11) is 3.95. The molecule has 1 aliphatic rings. The van der Waals surface area contributed by atoms with Crippen LogP contribution in [0.4, 0.5) is 5.13 Å². The normalized spacial score (nSPS) is 13.7. The molecule has 0 radical (unpaired) electrons. The lowest BCUT2D eigenvalue weighted by Gasteiger charge is -2.19. The molecule has 0 saturated heterocycles. The van der Waals surface area contributed by atoms with E-state index in [1.54, 1.807) is 23.5 Å². The summed E-state index contributed by atoms with van der Waals surface area (Å²) in [5.74, 6) is 0.174. The van der Waals surface area contributed by atoms with Gasteiger partial charge in [0.15, 0.2) is 5.13 Å². The van der Waals surface area contributed by atoms with Crippen LogP contribution in [0, 0.1) is 13.8 Å². The molecule has 2 aromatic heterocycles. The van der Waals surface area contributed by atoms with E-state index in [1.807, 2.05) is 74.6 Å². The zero-order chi connectivity index (χ0) is 28.3. The van der Waals surface area contributed by atoms with Crippen molar-refractivity contribution in [3.05, 3.63) is 81.3 Å². The van der Waals surface area contributed by atoms with Crippen molar-refractivity contribution in [2.75, 3.05) is 32.6 Å². The molecule has 8 nitrogen and oxygen atoms in total. The second kappa shape index (κ2) is 11.9. The lowest BCUT2D eigenvalue weighted by molar-refractivity contribution is -0.115. The molecule has 0 spiro atoms. The van der Waals surface area contributed by atoms with Gasteiger partial charge in [0, 0.05) is 17.5 Å². The highest BCUT2D eigenvalue weighted by atomic mass is 32.1. The molecular weight excluding hydrogens is 542 g/mol. The number of nitrogens with one attached hydrogen (secondary N) is 2. The number of thiazole rings is 2. The standard InChI is InChI=1S/C30H33N5O3S2/c1-19-27(40-20(2)31-19)25-18-39-29(32-25)33-26(36)16-21-14-22(17-24(15-21)38-13-12-35(3)4)28(37)34-30(10-11-30)23-8-6-5-7-9-23/h5-9,14-15,17-18H,10-13,16H2,1-4H3,(H,34,37)(H,32,33,36). The zero-order valence-corrected chi connectivity index (χ0v) is 24.7. The average molecular weight is 576 g/mol. The van der Waals surface area contributed by atoms with Crippen LogP contribution in [0.15, 0.2) is 53.9 Å². The summed E-state index contributed by atoms with van der Waals surface area (Å²) < 4.78 is 5.98. The van der Waals surface area contributed by atoms with Crippen molar-refractivity contribution in [1.82, 2.24) is 20.2 Å². The molecule has 2 amide bonds. The third-order valence-electron chi connectivity index (χ3n) is 6.72. The molecular formula is C30H33N5O3S2. The number of hydrogen-bond donors (Lipinski definition) is 2. The van der Waals surface area contributed by atoms with Crippen LogP contribution in [-0.4, -0.2) is 53.9 Å². The molecule has 0 atom stereocenters. The van der Waals surface area contributed by atoms with Crippen molar-refractivity contribution in [2.24, 2.45) is 0 Å². The van der Waals surface area contributed by atoms with E-state index in [0.717, 1.165) is 46.2 Å². The SMILES string of the molecule is Cc1nc(C)c(-c2csc(NC(=O)Cc3cc(OCCN(C)C)cc(C(=O)NC4(c5ccccc5)CC4)c3)n2)s1. The molecule has 4 aromatic rings. The molecule has 0 unspecified atom stereocenters. The van der Waals surface area contributed by atoms with Crippen molar-refractivity contribution in [3.63, 3.8) is 0 Å². The number of rotatable bonds is 11. The van der Waals surface area contributed by atoms with Gasteiger partial charge in [-0.1, -0.05) is 30.3 Å². The first-order chi connectivity index (χ1) is 19.2. The number of ether oxygens (including phenoxy) is 1. The van der Waals surface area contributed by atoms with E-state index < -0.39 is 0 Å². The van der Waals surface area contributed by atoms with Gasteiger partial charge in [0.1, 0.15) is 12.4 Å². The van der Waals surface area contributed by atoms with Crippen molar-refractivity contribution in [2.45, 2.75) is 38.6 Å². The fourth-order valence-corrected chi connectivity index (χ4v) is 6.21. The quantitative estimate of drug-likeness (QED) is 0.248. The average Bonchev–Trinajstić information content (AvgIpc) is 3.41. The topological polar surface area (TPSA) is 96.5 Å². The fourth-order valence-electron chi connectivity index (χ4n) is 4.53. The predicted octanol–water partition coefficient (Wildman–Crippen LogP) is 5.42. The van der Waals surface area contributed by atoms with E-state index in [2.05, 4.69) is 20.6 Å². The van der Waals surface area contributed by atoms with Gasteiger partial charge in [0.05, 0.1) is 33.2 Å². The molecule has 0 aliphatic heterocycles. The van der Waals surface area contributed by atoms with Crippen LogP contribution in [0.25, 0.3) is 10.6 Å². The lowest BCUT2D eigenvalue weighted by Crippen LogP contribution is -2.35. The Morgan fingerprint density at radius 1 is 1.07 bits per heavy atom. The summed E-state index contributed by atoms with van der Waals surface area (Å²) in [6.07, 6.45) is 1.88. The molecule has 1 saturated carbocycles. The molecule has 2 heterocycles. The van der Waals surface area contributed by atoms with Crippen LogP contribution in [0.2, 0.25) is 0 Å². The first-order valence-electron chi connectivity index (χ1n) is 13.2. The van der Waals surface area contributed by atoms with E-state index >= 15 is 0 Å². The summed E-state index contributed by atoms with van der Waals surface area (Å²) >= 11 is 2.97. The maximum atomic E-state index is 13.4. The highest BCUT2D eigenvalue weighted by molar-refractivity contribution is 7.16. The number of anilines is 1. The number of aryl methyl sites for hydroxylation is 2. The number of likely N-dealkylation sites (N-methyl/N-ethyl adjacent to an activating group) is 1. The van der Waals surface area contributed by atoms with E-state index in [4.69, 9.17) is 4.74 Å². The molecule has 5 rings (SSSR count). The van der Waals surface area contributed by atoms with Gasteiger partial charge in [0.2, 0.25) is 5.91 Å². The van der Waals surface area contributed by atoms with Crippen LogP contribution in [-0.2, 0) is 16.8 Å². The van der Waals surface area contributed by atoms with Crippen LogP contribution >= 0.6 is 22.7 Å². The minimum Gasteiger partial charge on any atom is -0.492 e. The monoisotopic (exact) mass is 575 g/mol. The van der Waals surface area contributed by atoms with Crippen molar-refractivity contribution >= 4 is 39.6 Å². The number of aromatic nitrogens is 2. The Morgan fingerprint density at radius 2 is 1.85 bits per heavy atom. The number of carbonyl (C=O) groups excluding carboxylic acids is 2. The summed E-state index contributed by atoms with van der Waals surface area (Å²) in [6.45, 7) is 5.13. The lowest BCUT2D eigenvalue weighted by atomic mass is 10.0. The van der Waals surface area contributed by atoms with Gasteiger partial charge in [-0.15, -0.1) is 22.7 Å². The highest BCUT2D eigenvalue weighted by Crippen LogP contribution is 2.45. The van der Waals surface area contributed by atoms with Gasteiger partial charge in [-0.2, -0.15) is 0 Å². The minimum absolute atomic E-state index is 0.0859. The van der Waals surface area contributed by atoms with E-state index in [0.29, 0.717) is 28.6 Å². The van der Waals surface area contributed by atoms with Crippen LogP contribution in [0.1, 0.15) is 45.0 Å². The number of hydrogen-bond acceptors (Lipinski definition) is 8. The van der Waals surface area contributed by atoms with E-state index in [9.17, 15) is 9.59 Å². The second-order valence-electron chi connectivity index (χ2n) is 10.3. The van der Waals surface area contributed by atoms with E-state index in [-0.39, 0.29) is 23.8 Å². The summed E-state index contributed by atoms with van der Waals surface area (Å²) in [5, 5.41) is 9.58. The molecule has 2 N–H and O–H groups in total. The maximum absolute atomic E-state index is 13.4. The Bertz CT molecular complexity index is 1510. The van der Waals surface area contributed by atoms with Gasteiger partial charge in [-0.3, -0.25) is 9.59 Å². The molecule has 2 aromatic carbocycles. The molecule has 1 aliphatic carbocycles. The number of amides is 2. The number of nitrogens with zero attached hydrogens (tertiary/aromatic N) is 3. The number of carbonyl (C=O) groups is 2. The fraction of sp³-hybridized carbons (Fsp3) is 0.333. The Morgan fingerprint density at radius 3 is 2.52 bits per heavy atom. The molecule has 1 fully saturated rings. The van der Waals surface area contributed by atoms with Gasteiger partial charge in [-0.05, 0) is 70.1 Å². The van der Waals surface area contributed by atoms with Gasteiger partial charge in [0.25, 0.3) is 5.91 Å². The summed E-state index contributed by atoms with van der Waals surface area (Å²) in [4.78, 5) is 38.5.